The predicted octanol–water partition coefficient (Wildman–Crippen LogP) is 3.13. The van der Waals surface area contributed by atoms with Gasteiger partial charge >= 0.3 is 0 Å². The van der Waals surface area contributed by atoms with Crippen molar-refractivity contribution < 1.29 is 0 Å². The van der Waals surface area contributed by atoms with Crippen molar-refractivity contribution in [3.63, 3.8) is 0 Å². The van der Waals surface area contributed by atoms with Crippen LogP contribution in [0.15, 0.2) is 39.0 Å². The van der Waals surface area contributed by atoms with Crippen LogP contribution in [0, 0.1) is 6.92 Å². The summed E-state index contributed by atoms with van der Waals surface area (Å²) in [6, 6.07) is 7.85. The Balaban J connectivity index is 2.10. The standard InChI is InChI=1S/C12H10N4S2/c1-7-6-17-12(14-7)18-10-8-4-2-3-5-9(8)15-11(13)16-10/h2-6H,1H3,(H2,13,15,16). The molecule has 90 valence electrons. The van der Waals surface area contributed by atoms with Gasteiger partial charge in [-0.05, 0) is 24.8 Å². The van der Waals surface area contributed by atoms with E-state index in [0.717, 1.165) is 26.0 Å². The largest absolute Gasteiger partial charge is 0.368 e. The van der Waals surface area contributed by atoms with Crippen molar-refractivity contribution in [2.24, 2.45) is 0 Å². The number of thiazole rings is 1. The fourth-order valence-electron chi connectivity index (χ4n) is 1.60. The zero-order chi connectivity index (χ0) is 12.5. The number of rotatable bonds is 2. The van der Waals surface area contributed by atoms with E-state index in [0.29, 0.717) is 5.95 Å². The summed E-state index contributed by atoms with van der Waals surface area (Å²) in [6.45, 7) is 1.98. The Morgan fingerprint density at radius 1 is 1.17 bits per heavy atom. The first kappa shape index (κ1) is 11.4. The highest BCUT2D eigenvalue weighted by atomic mass is 32.2. The molecule has 0 saturated carbocycles. The van der Waals surface area contributed by atoms with Crippen LogP contribution in [0.2, 0.25) is 0 Å². The molecule has 0 atom stereocenters. The van der Waals surface area contributed by atoms with Crippen molar-refractivity contribution in [1.82, 2.24) is 15.0 Å². The lowest BCUT2D eigenvalue weighted by molar-refractivity contribution is 1.10. The summed E-state index contributed by atoms with van der Waals surface area (Å²) in [5.74, 6) is 0.296. The van der Waals surface area contributed by atoms with Crippen molar-refractivity contribution in [1.29, 1.82) is 0 Å². The second-order valence-electron chi connectivity index (χ2n) is 3.76. The van der Waals surface area contributed by atoms with E-state index in [1.54, 1.807) is 11.3 Å². The first-order valence-corrected chi connectivity index (χ1v) is 7.04. The Bertz CT molecular complexity index is 708. The van der Waals surface area contributed by atoms with Gasteiger partial charge in [0.15, 0.2) is 4.34 Å². The summed E-state index contributed by atoms with van der Waals surface area (Å²) in [5, 5.41) is 3.88. The van der Waals surface area contributed by atoms with Crippen LogP contribution in [0.1, 0.15) is 5.69 Å². The van der Waals surface area contributed by atoms with Gasteiger partial charge in [-0.15, -0.1) is 11.3 Å². The van der Waals surface area contributed by atoms with Gasteiger partial charge in [-0.2, -0.15) is 0 Å². The molecule has 0 aliphatic heterocycles. The van der Waals surface area contributed by atoms with Gasteiger partial charge in [0.1, 0.15) is 5.03 Å². The zero-order valence-corrected chi connectivity index (χ0v) is 11.3. The van der Waals surface area contributed by atoms with Crippen LogP contribution in [-0.4, -0.2) is 15.0 Å². The molecule has 0 aliphatic rings. The molecule has 0 radical (unpaired) electrons. The van der Waals surface area contributed by atoms with Crippen molar-refractivity contribution >= 4 is 39.9 Å². The first-order chi connectivity index (χ1) is 8.72. The molecule has 18 heavy (non-hydrogen) atoms. The number of hydrogen-bond donors (Lipinski definition) is 1. The van der Waals surface area contributed by atoms with E-state index in [2.05, 4.69) is 15.0 Å². The second-order valence-corrected chi connectivity index (χ2v) is 5.86. The van der Waals surface area contributed by atoms with E-state index in [9.17, 15) is 0 Å². The summed E-state index contributed by atoms with van der Waals surface area (Å²) >= 11 is 3.14. The summed E-state index contributed by atoms with van der Waals surface area (Å²) in [7, 11) is 0. The monoisotopic (exact) mass is 274 g/mol. The molecule has 0 fully saturated rings. The van der Waals surface area contributed by atoms with Crippen LogP contribution in [-0.2, 0) is 0 Å². The van der Waals surface area contributed by atoms with Crippen molar-refractivity contribution in [3.05, 3.63) is 35.3 Å². The van der Waals surface area contributed by atoms with E-state index in [4.69, 9.17) is 5.73 Å². The van der Waals surface area contributed by atoms with Crippen LogP contribution < -0.4 is 5.73 Å². The maximum Gasteiger partial charge on any atom is 0.221 e. The van der Waals surface area contributed by atoms with Crippen LogP contribution in [0.3, 0.4) is 0 Å². The number of hydrogen-bond acceptors (Lipinski definition) is 6. The fraction of sp³-hybridized carbons (Fsp3) is 0.0833. The van der Waals surface area contributed by atoms with E-state index < -0.39 is 0 Å². The highest BCUT2D eigenvalue weighted by Crippen LogP contribution is 2.33. The topological polar surface area (TPSA) is 64.7 Å². The zero-order valence-electron chi connectivity index (χ0n) is 9.62. The lowest BCUT2D eigenvalue weighted by Gasteiger charge is -2.04. The molecule has 0 aliphatic carbocycles. The normalized spacial score (nSPS) is 10.9. The number of nitrogens with two attached hydrogens (primary N) is 1. The van der Waals surface area contributed by atoms with Gasteiger partial charge in [0.25, 0.3) is 0 Å². The molecule has 2 heterocycles. The van der Waals surface area contributed by atoms with Crippen LogP contribution in [0.5, 0.6) is 0 Å². The van der Waals surface area contributed by atoms with Crippen LogP contribution in [0.4, 0.5) is 5.95 Å². The Kier molecular flexibility index (Phi) is 2.89. The van der Waals surface area contributed by atoms with Crippen LogP contribution >= 0.6 is 23.1 Å². The number of aryl methyl sites for hydroxylation is 1. The van der Waals surface area contributed by atoms with E-state index in [1.165, 1.54) is 11.8 Å². The molecule has 4 nitrogen and oxygen atoms in total. The molecule has 0 bridgehead atoms. The molecular weight excluding hydrogens is 264 g/mol. The minimum atomic E-state index is 0.296. The minimum absolute atomic E-state index is 0.296. The molecular formula is C12H10N4S2. The van der Waals surface area contributed by atoms with Gasteiger partial charge < -0.3 is 5.73 Å². The van der Waals surface area contributed by atoms with E-state index >= 15 is 0 Å². The second kappa shape index (κ2) is 4.55. The van der Waals surface area contributed by atoms with E-state index in [-0.39, 0.29) is 0 Å². The summed E-state index contributed by atoms with van der Waals surface area (Å²) in [5.41, 5.74) is 7.61. The quantitative estimate of drug-likeness (QED) is 0.727. The highest BCUT2D eigenvalue weighted by Gasteiger charge is 2.09. The smallest absolute Gasteiger partial charge is 0.221 e. The molecule has 1 aromatic carbocycles. The molecule has 0 amide bonds. The average Bonchev–Trinajstić information content (AvgIpc) is 2.74. The first-order valence-electron chi connectivity index (χ1n) is 5.34. The average molecular weight is 274 g/mol. The Hall–Kier alpha value is -1.66. The molecule has 3 rings (SSSR count). The third kappa shape index (κ3) is 2.16. The van der Waals surface area contributed by atoms with Gasteiger partial charge in [-0.25, -0.2) is 15.0 Å². The molecule has 3 aromatic rings. The predicted molar refractivity (Wildman–Crippen MR) is 74.9 cm³/mol. The number of benzene rings is 1. The molecule has 6 heteroatoms. The number of anilines is 1. The number of fused-ring (bicyclic) bond motifs is 1. The lowest BCUT2D eigenvalue weighted by Crippen LogP contribution is -1.96. The van der Waals surface area contributed by atoms with Gasteiger partial charge in [0, 0.05) is 16.5 Å². The van der Waals surface area contributed by atoms with Crippen molar-refractivity contribution in [3.8, 4) is 0 Å². The maximum atomic E-state index is 5.73. The number of nitrogens with zero attached hydrogens (tertiary/aromatic N) is 3. The van der Waals surface area contributed by atoms with Gasteiger partial charge in [0.2, 0.25) is 5.95 Å². The van der Waals surface area contributed by atoms with Crippen molar-refractivity contribution in [2.45, 2.75) is 16.3 Å². The van der Waals surface area contributed by atoms with Crippen molar-refractivity contribution in [2.75, 3.05) is 5.73 Å². The third-order valence-electron chi connectivity index (χ3n) is 2.37. The lowest BCUT2D eigenvalue weighted by atomic mass is 10.2. The SMILES string of the molecule is Cc1csc(Sc2nc(N)nc3ccccc23)n1. The number of aromatic nitrogens is 3. The number of nitrogen functional groups attached to an aromatic ring is 1. The van der Waals surface area contributed by atoms with Gasteiger partial charge in [-0.1, -0.05) is 18.2 Å². The minimum Gasteiger partial charge on any atom is -0.368 e. The Morgan fingerprint density at radius 2 is 2.00 bits per heavy atom. The molecule has 0 spiro atoms. The summed E-state index contributed by atoms with van der Waals surface area (Å²) in [4.78, 5) is 12.9. The van der Waals surface area contributed by atoms with Gasteiger partial charge in [-0.3, -0.25) is 0 Å². The summed E-state index contributed by atoms with van der Waals surface area (Å²) in [6.07, 6.45) is 0. The number of para-hydroxylation sites is 1. The summed E-state index contributed by atoms with van der Waals surface area (Å²) < 4.78 is 0.968. The molecule has 2 N–H and O–H groups in total. The molecule has 0 unspecified atom stereocenters. The maximum absolute atomic E-state index is 5.73. The Labute approximate surface area is 112 Å². The van der Waals surface area contributed by atoms with Gasteiger partial charge in [0.05, 0.1) is 5.52 Å². The molecule has 0 saturated heterocycles. The third-order valence-corrected chi connectivity index (χ3v) is 4.43. The Morgan fingerprint density at radius 3 is 2.78 bits per heavy atom. The highest BCUT2D eigenvalue weighted by molar-refractivity contribution is 8.01. The van der Waals surface area contributed by atoms with E-state index in [1.807, 2.05) is 36.6 Å². The fourth-order valence-corrected chi connectivity index (χ4v) is 3.48. The van der Waals surface area contributed by atoms with Crippen LogP contribution in [0.25, 0.3) is 10.9 Å². The molecule has 2 aromatic heterocycles.